The molecule has 0 saturated carbocycles. The summed E-state index contributed by atoms with van der Waals surface area (Å²) in [6.45, 7) is 0.810. The van der Waals surface area contributed by atoms with Crippen LogP contribution in [-0.4, -0.2) is 6.61 Å². The molecule has 1 aliphatic heterocycles. The Kier molecular flexibility index (Phi) is 1.93. The maximum atomic E-state index is 5.40. The van der Waals surface area contributed by atoms with E-state index in [1.807, 2.05) is 12.1 Å². The predicted octanol–water partition coefficient (Wildman–Crippen LogP) is 3.15. The van der Waals surface area contributed by atoms with Crippen LogP contribution >= 0.6 is 31.9 Å². The zero-order valence-corrected chi connectivity index (χ0v) is 8.91. The summed E-state index contributed by atoms with van der Waals surface area (Å²) in [4.78, 5) is 0. The second-order valence-corrected chi connectivity index (χ2v) is 4.23. The van der Waals surface area contributed by atoms with Gasteiger partial charge in [-0.25, -0.2) is 0 Å². The van der Waals surface area contributed by atoms with Crippen LogP contribution in [-0.2, 0) is 6.42 Å². The quantitative estimate of drug-likeness (QED) is 0.708. The summed E-state index contributed by atoms with van der Waals surface area (Å²) in [5.74, 6) is 1.01. The smallest absolute Gasteiger partial charge is 0.124 e. The molecule has 1 aromatic rings. The van der Waals surface area contributed by atoms with Crippen molar-refractivity contribution in [3.05, 3.63) is 26.6 Å². The first-order valence-electron chi connectivity index (χ1n) is 3.38. The minimum absolute atomic E-state index is 0.810. The van der Waals surface area contributed by atoms with E-state index in [9.17, 15) is 0 Å². The van der Waals surface area contributed by atoms with Gasteiger partial charge >= 0.3 is 0 Å². The van der Waals surface area contributed by atoms with E-state index in [1.54, 1.807) is 0 Å². The standard InChI is InChI=1S/C8H6Br2O/c9-5-3-7(10)6-1-2-11-8(6)4-5/h3-4H,1-2H2. The summed E-state index contributed by atoms with van der Waals surface area (Å²) in [5, 5.41) is 0. The van der Waals surface area contributed by atoms with Gasteiger partial charge in [0, 0.05) is 20.9 Å². The van der Waals surface area contributed by atoms with E-state index >= 15 is 0 Å². The third-order valence-electron chi connectivity index (χ3n) is 1.73. The van der Waals surface area contributed by atoms with E-state index in [0.717, 1.165) is 27.7 Å². The Morgan fingerprint density at radius 3 is 2.91 bits per heavy atom. The fraction of sp³-hybridized carbons (Fsp3) is 0.250. The molecule has 3 heteroatoms. The molecule has 2 rings (SSSR count). The van der Waals surface area contributed by atoms with Crippen LogP contribution in [0.2, 0.25) is 0 Å². The van der Waals surface area contributed by atoms with Crippen LogP contribution in [0.5, 0.6) is 5.75 Å². The summed E-state index contributed by atoms with van der Waals surface area (Å²) in [5.41, 5.74) is 1.29. The van der Waals surface area contributed by atoms with Gasteiger partial charge in [-0.2, -0.15) is 0 Å². The minimum atomic E-state index is 0.810. The number of ether oxygens (including phenoxy) is 1. The summed E-state index contributed by atoms with van der Waals surface area (Å²) < 4.78 is 7.60. The van der Waals surface area contributed by atoms with Crippen molar-refractivity contribution in [2.24, 2.45) is 0 Å². The van der Waals surface area contributed by atoms with Gasteiger partial charge in [-0.05, 0) is 12.1 Å². The van der Waals surface area contributed by atoms with Crippen LogP contribution in [0, 0.1) is 0 Å². The number of hydrogen-bond donors (Lipinski definition) is 0. The fourth-order valence-electron chi connectivity index (χ4n) is 1.21. The topological polar surface area (TPSA) is 9.23 Å². The molecular formula is C8H6Br2O. The Balaban J connectivity index is 2.60. The predicted molar refractivity (Wildman–Crippen MR) is 51.0 cm³/mol. The lowest BCUT2D eigenvalue weighted by atomic mass is 10.2. The summed E-state index contributed by atoms with van der Waals surface area (Å²) in [7, 11) is 0. The van der Waals surface area contributed by atoms with Crippen molar-refractivity contribution in [2.45, 2.75) is 6.42 Å². The van der Waals surface area contributed by atoms with Crippen LogP contribution in [0.4, 0.5) is 0 Å². The number of benzene rings is 1. The Morgan fingerprint density at radius 2 is 2.09 bits per heavy atom. The van der Waals surface area contributed by atoms with Crippen molar-refractivity contribution in [1.82, 2.24) is 0 Å². The van der Waals surface area contributed by atoms with Gasteiger partial charge in [-0.15, -0.1) is 0 Å². The van der Waals surface area contributed by atoms with Crippen molar-refractivity contribution in [3.8, 4) is 5.75 Å². The Hall–Kier alpha value is -0.0200. The molecule has 0 atom stereocenters. The van der Waals surface area contributed by atoms with Gasteiger partial charge in [0.1, 0.15) is 5.75 Å². The molecule has 0 fully saturated rings. The highest BCUT2D eigenvalue weighted by Gasteiger charge is 2.15. The van der Waals surface area contributed by atoms with Gasteiger partial charge in [0.25, 0.3) is 0 Å². The lowest BCUT2D eigenvalue weighted by Crippen LogP contribution is -1.85. The number of hydrogen-bond acceptors (Lipinski definition) is 1. The van der Waals surface area contributed by atoms with Gasteiger partial charge in [0.05, 0.1) is 6.61 Å². The van der Waals surface area contributed by atoms with E-state index in [0.29, 0.717) is 0 Å². The number of halogens is 2. The van der Waals surface area contributed by atoms with Gasteiger partial charge < -0.3 is 4.74 Å². The highest BCUT2D eigenvalue weighted by molar-refractivity contribution is 9.11. The highest BCUT2D eigenvalue weighted by atomic mass is 79.9. The Morgan fingerprint density at radius 1 is 1.27 bits per heavy atom. The highest BCUT2D eigenvalue weighted by Crippen LogP contribution is 2.34. The third kappa shape index (κ3) is 1.32. The van der Waals surface area contributed by atoms with E-state index in [-0.39, 0.29) is 0 Å². The second-order valence-electron chi connectivity index (χ2n) is 2.46. The van der Waals surface area contributed by atoms with E-state index in [2.05, 4.69) is 31.9 Å². The van der Waals surface area contributed by atoms with Gasteiger partial charge in [0.15, 0.2) is 0 Å². The summed E-state index contributed by atoms with van der Waals surface area (Å²) in [6.07, 6.45) is 1.02. The summed E-state index contributed by atoms with van der Waals surface area (Å²) >= 11 is 6.89. The van der Waals surface area contributed by atoms with E-state index in [4.69, 9.17) is 4.74 Å². The first-order valence-corrected chi connectivity index (χ1v) is 4.97. The van der Waals surface area contributed by atoms with Crippen molar-refractivity contribution >= 4 is 31.9 Å². The average molecular weight is 278 g/mol. The molecule has 58 valence electrons. The van der Waals surface area contributed by atoms with Gasteiger partial charge in [-0.3, -0.25) is 0 Å². The van der Waals surface area contributed by atoms with Crippen molar-refractivity contribution in [3.63, 3.8) is 0 Å². The SMILES string of the molecule is Brc1cc(Br)c2c(c1)OCC2. The first-order chi connectivity index (χ1) is 5.27. The average Bonchev–Trinajstić information content (AvgIpc) is 2.34. The molecule has 0 N–H and O–H groups in total. The molecule has 11 heavy (non-hydrogen) atoms. The van der Waals surface area contributed by atoms with Crippen LogP contribution < -0.4 is 4.74 Å². The largest absolute Gasteiger partial charge is 0.493 e. The zero-order chi connectivity index (χ0) is 7.84. The summed E-state index contributed by atoms with van der Waals surface area (Å²) in [6, 6.07) is 4.06. The number of fused-ring (bicyclic) bond motifs is 1. The molecule has 0 amide bonds. The third-order valence-corrected chi connectivity index (χ3v) is 2.89. The van der Waals surface area contributed by atoms with Crippen LogP contribution in [0.1, 0.15) is 5.56 Å². The maximum Gasteiger partial charge on any atom is 0.124 e. The molecule has 0 aliphatic carbocycles. The lowest BCUT2D eigenvalue weighted by Gasteiger charge is -2.00. The molecule has 0 radical (unpaired) electrons. The molecule has 0 aromatic heterocycles. The van der Waals surface area contributed by atoms with Crippen molar-refractivity contribution < 1.29 is 4.74 Å². The molecule has 1 aliphatic rings. The lowest BCUT2D eigenvalue weighted by molar-refractivity contribution is 0.356. The van der Waals surface area contributed by atoms with Crippen LogP contribution in [0.25, 0.3) is 0 Å². The molecule has 1 aromatic carbocycles. The van der Waals surface area contributed by atoms with Crippen LogP contribution in [0.3, 0.4) is 0 Å². The van der Waals surface area contributed by atoms with Crippen molar-refractivity contribution in [1.29, 1.82) is 0 Å². The molecule has 0 saturated heterocycles. The molecule has 0 spiro atoms. The number of rotatable bonds is 0. The monoisotopic (exact) mass is 276 g/mol. The van der Waals surface area contributed by atoms with Crippen LogP contribution in [0.15, 0.2) is 21.1 Å². The van der Waals surface area contributed by atoms with Gasteiger partial charge in [-0.1, -0.05) is 31.9 Å². The zero-order valence-electron chi connectivity index (χ0n) is 5.73. The maximum absolute atomic E-state index is 5.40. The minimum Gasteiger partial charge on any atom is -0.493 e. The van der Waals surface area contributed by atoms with E-state index < -0.39 is 0 Å². The van der Waals surface area contributed by atoms with Crippen molar-refractivity contribution in [2.75, 3.05) is 6.61 Å². The molecule has 0 bridgehead atoms. The fourth-order valence-corrected chi connectivity index (χ4v) is 2.60. The first kappa shape index (κ1) is 7.62. The van der Waals surface area contributed by atoms with E-state index in [1.165, 1.54) is 5.56 Å². The molecule has 1 heterocycles. The Labute approximate surface area is 82.0 Å². The normalized spacial score (nSPS) is 14.4. The molecular weight excluding hydrogens is 272 g/mol. The Bertz CT molecular complexity index is 296. The van der Waals surface area contributed by atoms with Gasteiger partial charge in [0.2, 0.25) is 0 Å². The molecule has 1 nitrogen and oxygen atoms in total. The molecule has 0 unspecified atom stereocenters. The second kappa shape index (κ2) is 2.79.